The van der Waals surface area contributed by atoms with Crippen LogP contribution in [0.1, 0.15) is 19.7 Å². The zero-order chi connectivity index (χ0) is 15.7. The fraction of sp³-hybridized carbons (Fsp3) is 0.250. The Kier molecular flexibility index (Phi) is 1.41. The lowest BCUT2D eigenvalue weighted by molar-refractivity contribution is 0.297. The number of hydrogen-bond donors (Lipinski definition) is 1. The van der Waals surface area contributed by atoms with Crippen LogP contribution < -0.4 is 0 Å². The summed E-state index contributed by atoms with van der Waals surface area (Å²) in [5.41, 5.74) is 0.217. The standard InChI is InChI=1S/C12H13NO2/c1-9-11(7-8-14)13-12(15-9)10-5-3-2-4-6-10/h2-6,14H,7-8H2,1H3/i1D,2D,3D,4D,5D,6D. The fourth-order valence-corrected chi connectivity index (χ4v) is 1.15. The number of hydrogen-bond acceptors (Lipinski definition) is 3. The van der Waals surface area contributed by atoms with Gasteiger partial charge in [0.25, 0.3) is 0 Å². The van der Waals surface area contributed by atoms with Crippen LogP contribution in [0.25, 0.3) is 11.5 Å². The fourth-order valence-electron chi connectivity index (χ4n) is 1.15. The van der Waals surface area contributed by atoms with E-state index in [0.29, 0.717) is 5.69 Å². The molecule has 3 heteroatoms. The maximum atomic E-state index is 8.95. The van der Waals surface area contributed by atoms with Crippen molar-refractivity contribution in [2.24, 2.45) is 0 Å². The van der Waals surface area contributed by atoms with Gasteiger partial charge in [-0.15, -0.1) is 0 Å². The molecule has 3 nitrogen and oxygen atoms in total. The molecular formula is C12H13NO2. The predicted octanol–water partition coefficient (Wildman–Crippen LogP) is 2.18. The van der Waals surface area contributed by atoms with E-state index < -0.39 is 30.2 Å². The van der Waals surface area contributed by atoms with Gasteiger partial charge in [0.15, 0.2) is 0 Å². The van der Waals surface area contributed by atoms with Gasteiger partial charge in [-0.3, -0.25) is 0 Å². The van der Waals surface area contributed by atoms with Crippen LogP contribution in [-0.2, 0) is 6.42 Å². The lowest BCUT2D eigenvalue weighted by Gasteiger charge is -1.92. The van der Waals surface area contributed by atoms with Crippen LogP contribution in [0.15, 0.2) is 34.6 Å². The summed E-state index contributed by atoms with van der Waals surface area (Å²) in [7, 11) is 0. The molecule has 1 N–H and O–H groups in total. The lowest BCUT2D eigenvalue weighted by atomic mass is 10.2. The zero-order valence-electron chi connectivity index (χ0n) is 13.9. The second kappa shape index (κ2) is 4.28. The Labute approximate surface area is 96.8 Å². The van der Waals surface area contributed by atoms with Crippen LogP contribution in [0.2, 0.25) is 0 Å². The van der Waals surface area contributed by atoms with E-state index in [1.54, 1.807) is 0 Å². The largest absolute Gasteiger partial charge is 0.441 e. The van der Waals surface area contributed by atoms with Gasteiger partial charge in [0.05, 0.1) is 12.5 Å². The molecule has 0 saturated heterocycles. The average molecular weight is 209 g/mol. The molecule has 0 bridgehead atoms. The summed E-state index contributed by atoms with van der Waals surface area (Å²) in [6, 6.07) is -2.25. The Morgan fingerprint density at radius 1 is 1.47 bits per heavy atom. The van der Waals surface area contributed by atoms with E-state index in [0.717, 1.165) is 0 Å². The molecule has 0 aliphatic rings. The molecular weight excluding hydrogens is 190 g/mol. The highest BCUT2D eigenvalue weighted by Gasteiger charge is 2.09. The first-order valence-electron chi connectivity index (χ1n) is 7.59. The van der Waals surface area contributed by atoms with Crippen LogP contribution in [0.5, 0.6) is 0 Å². The van der Waals surface area contributed by atoms with Crippen LogP contribution in [-0.4, -0.2) is 16.7 Å². The summed E-state index contributed by atoms with van der Waals surface area (Å²) in [4.78, 5) is 4.06. The van der Waals surface area contributed by atoms with E-state index >= 15 is 0 Å². The number of aliphatic hydroxyl groups excluding tert-OH is 1. The molecule has 0 fully saturated rings. The minimum absolute atomic E-state index is 0.127. The summed E-state index contributed by atoms with van der Waals surface area (Å²) in [5, 5.41) is 8.95. The van der Waals surface area contributed by atoms with E-state index in [9.17, 15) is 0 Å². The zero-order valence-corrected chi connectivity index (χ0v) is 7.92. The molecule has 0 unspecified atom stereocenters. The normalized spacial score (nSPS) is 16.1. The van der Waals surface area contributed by atoms with Crippen molar-refractivity contribution in [3.05, 3.63) is 41.7 Å². The first kappa shape index (κ1) is 4.94. The third-order valence-corrected chi connectivity index (χ3v) is 1.84. The van der Waals surface area contributed by atoms with Gasteiger partial charge in [0, 0.05) is 20.0 Å². The second-order valence-corrected chi connectivity index (χ2v) is 2.86. The minimum atomic E-state index is -0.489. The van der Waals surface area contributed by atoms with Gasteiger partial charge in [-0.05, 0) is 19.0 Å². The molecule has 0 aliphatic carbocycles. The van der Waals surface area contributed by atoms with Crippen molar-refractivity contribution in [2.45, 2.75) is 13.3 Å². The molecule has 0 spiro atoms. The van der Waals surface area contributed by atoms with Gasteiger partial charge in [0.2, 0.25) is 5.89 Å². The van der Waals surface area contributed by atoms with E-state index in [2.05, 4.69) is 4.98 Å². The van der Waals surface area contributed by atoms with Crippen molar-refractivity contribution in [1.29, 1.82) is 0 Å². The molecule has 78 valence electrons. The molecule has 1 aromatic heterocycles. The van der Waals surface area contributed by atoms with Gasteiger partial charge in [-0.1, -0.05) is 18.1 Å². The van der Waals surface area contributed by atoms with Gasteiger partial charge in [0.1, 0.15) is 5.76 Å². The molecule has 0 amide bonds. The topological polar surface area (TPSA) is 46.3 Å². The SMILES string of the molecule is [2H]Cc1oc(-c2c([2H])c([2H])c([2H])c([2H])c2[2H])nc1CCO. The van der Waals surface area contributed by atoms with Crippen LogP contribution in [0.3, 0.4) is 0 Å². The number of nitrogens with zero attached hydrogens (tertiary/aromatic N) is 1. The quantitative estimate of drug-likeness (QED) is 0.842. The van der Waals surface area contributed by atoms with Crippen molar-refractivity contribution in [3.8, 4) is 11.5 Å². The first-order chi connectivity index (χ1) is 9.92. The third-order valence-electron chi connectivity index (χ3n) is 1.84. The third kappa shape index (κ3) is 2.07. The van der Waals surface area contributed by atoms with E-state index in [-0.39, 0.29) is 37.1 Å². The number of rotatable bonds is 3. The van der Waals surface area contributed by atoms with Crippen LogP contribution in [0.4, 0.5) is 0 Å². The number of aryl methyl sites for hydroxylation is 1. The molecule has 0 atom stereocenters. The predicted molar refractivity (Wildman–Crippen MR) is 57.5 cm³/mol. The minimum Gasteiger partial charge on any atom is -0.441 e. The Morgan fingerprint density at radius 3 is 2.93 bits per heavy atom. The van der Waals surface area contributed by atoms with Crippen molar-refractivity contribution >= 4 is 0 Å². The van der Waals surface area contributed by atoms with Crippen LogP contribution >= 0.6 is 0 Å². The Balaban J connectivity index is 2.67. The maximum Gasteiger partial charge on any atom is 0.226 e. The monoisotopic (exact) mass is 209 g/mol. The number of aromatic nitrogens is 1. The van der Waals surface area contributed by atoms with Crippen molar-refractivity contribution < 1.29 is 17.7 Å². The molecule has 0 saturated carbocycles. The van der Waals surface area contributed by atoms with Crippen molar-refractivity contribution in [1.82, 2.24) is 4.98 Å². The summed E-state index contributed by atoms with van der Waals surface area (Å²) < 4.78 is 51.1. The second-order valence-electron chi connectivity index (χ2n) is 2.86. The van der Waals surface area contributed by atoms with Gasteiger partial charge < -0.3 is 9.52 Å². The van der Waals surface area contributed by atoms with Crippen molar-refractivity contribution in [2.75, 3.05) is 6.61 Å². The van der Waals surface area contributed by atoms with Crippen molar-refractivity contribution in [3.63, 3.8) is 0 Å². The van der Waals surface area contributed by atoms with E-state index in [1.807, 2.05) is 0 Å². The molecule has 2 rings (SSSR count). The molecule has 0 aliphatic heterocycles. The van der Waals surface area contributed by atoms with E-state index in [1.165, 1.54) is 0 Å². The van der Waals surface area contributed by atoms with Crippen LogP contribution in [0, 0.1) is 6.90 Å². The molecule has 1 heterocycles. The summed E-state index contributed by atoms with van der Waals surface area (Å²) in [5.74, 6) is 0.0866. The highest BCUT2D eigenvalue weighted by atomic mass is 16.4. The molecule has 2 aromatic rings. The Morgan fingerprint density at radius 2 is 2.27 bits per heavy atom. The van der Waals surface area contributed by atoms with E-state index in [4.69, 9.17) is 17.7 Å². The molecule has 0 radical (unpaired) electrons. The summed E-state index contributed by atoms with van der Waals surface area (Å²) in [6.45, 7) is -0.388. The lowest BCUT2D eigenvalue weighted by Crippen LogP contribution is -1.92. The highest BCUT2D eigenvalue weighted by molar-refractivity contribution is 5.53. The summed E-state index contributed by atoms with van der Waals surface area (Å²) in [6.07, 6.45) is 0.177. The first-order valence-corrected chi connectivity index (χ1v) is 4.38. The average Bonchev–Trinajstić information content (AvgIpc) is 2.86. The van der Waals surface area contributed by atoms with Gasteiger partial charge in [-0.25, -0.2) is 4.98 Å². The highest BCUT2D eigenvalue weighted by Crippen LogP contribution is 2.21. The van der Waals surface area contributed by atoms with Gasteiger partial charge in [-0.2, -0.15) is 0 Å². The molecule has 1 aromatic carbocycles. The Hall–Kier alpha value is -1.61. The number of benzene rings is 1. The van der Waals surface area contributed by atoms with Gasteiger partial charge >= 0.3 is 0 Å². The number of aliphatic hydroxyl groups is 1. The summed E-state index contributed by atoms with van der Waals surface area (Å²) >= 11 is 0. The molecule has 15 heavy (non-hydrogen) atoms. The smallest absolute Gasteiger partial charge is 0.226 e. The number of oxazole rings is 1. The maximum absolute atomic E-state index is 8.95. The Bertz CT molecular complexity index is 656.